The second kappa shape index (κ2) is 6.51. The van der Waals surface area contributed by atoms with Crippen molar-refractivity contribution in [3.63, 3.8) is 0 Å². The van der Waals surface area contributed by atoms with Crippen molar-refractivity contribution in [2.75, 3.05) is 0 Å². The monoisotopic (exact) mass is 358 g/mol. The van der Waals surface area contributed by atoms with E-state index in [1.807, 2.05) is 42.5 Å². The molecule has 0 aliphatic heterocycles. The third kappa shape index (κ3) is 3.23. The van der Waals surface area contributed by atoms with Gasteiger partial charge in [0.2, 0.25) is 0 Å². The van der Waals surface area contributed by atoms with Crippen LogP contribution < -0.4 is 15.9 Å². The Labute approximate surface area is 133 Å². The highest BCUT2D eigenvalue weighted by atomic mass is 79.9. The predicted octanol–water partition coefficient (Wildman–Crippen LogP) is 4.35. The number of halogens is 2. The van der Waals surface area contributed by atoms with Crippen molar-refractivity contribution in [1.82, 2.24) is 0 Å². The molecule has 0 saturated heterocycles. The Bertz CT molecular complexity index is 689. The Morgan fingerprint density at radius 1 is 0.714 bits per heavy atom. The van der Waals surface area contributed by atoms with E-state index in [1.54, 1.807) is 6.07 Å². The fourth-order valence-corrected chi connectivity index (χ4v) is 5.13. The maximum absolute atomic E-state index is 14.4. The minimum absolute atomic E-state index is 0.156. The van der Waals surface area contributed by atoms with Crippen molar-refractivity contribution in [3.05, 3.63) is 89.2 Å². The van der Waals surface area contributed by atoms with Gasteiger partial charge in [-0.05, 0) is 36.7 Å². The van der Waals surface area contributed by atoms with E-state index in [2.05, 4.69) is 40.2 Å². The minimum atomic E-state index is -0.888. The van der Waals surface area contributed by atoms with Gasteiger partial charge in [0.05, 0.1) is 0 Å². The van der Waals surface area contributed by atoms with Crippen LogP contribution in [0.25, 0.3) is 0 Å². The van der Waals surface area contributed by atoms with Gasteiger partial charge in [0.15, 0.2) is 0 Å². The van der Waals surface area contributed by atoms with E-state index in [0.717, 1.165) is 20.4 Å². The van der Waals surface area contributed by atoms with Crippen LogP contribution in [0.1, 0.15) is 0 Å². The summed E-state index contributed by atoms with van der Waals surface area (Å²) in [6.45, 7) is 0. The zero-order valence-corrected chi connectivity index (χ0v) is 13.7. The third-order valence-electron chi connectivity index (χ3n) is 3.18. The smallest absolute Gasteiger partial charge is 0.131 e. The van der Waals surface area contributed by atoms with Crippen molar-refractivity contribution in [3.8, 4) is 0 Å². The van der Waals surface area contributed by atoms with Crippen LogP contribution in [0.2, 0.25) is 0 Å². The molecule has 0 aliphatic carbocycles. The molecule has 0 unspecified atom stereocenters. The maximum atomic E-state index is 14.4. The molecule has 3 aromatic rings. The Morgan fingerprint density at radius 3 is 1.76 bits per heavy atom. The van der Waals surface area contributed by atoms with Gasteiger partial charge in [0.1, 0.15) is 5.82 Å². The first-order chi connectivity index (χ1) is 10.3. The molecule has 0 nitrogen and oxygen atoms in total. The highest BCUT2D eigenvalue weighted by Crippen LogP contribution is 2.34. The van der Waals surface area contributed by atoms with Gasteiger partial charge in [-0.3, -0.25) is 0 Å². The quantitative estimate of drug-likeness (QED) is 0.610. The van der Waals surface area contributed by atoms with Crippen LogP contribution in [0.3, 0.4) is 0 Å². The van der Waals surface area contributed by atoms with Gasteiger partial charge in [-0.15, -0.1) is 0 Å². The van der Waals surface area contributed by atoms with Crippen molar-refractivity contribution in [2.24, 2.45) is 0 Å². The topological polar surface area (TPSA) is 0 Å². The molecule has 0 spiro atoms. The minimum Gasteiger partial charge on any atom is -0.206 e. The molecular weight excluding hydrogens is 346 g/mol. The fraction of sp³-hybridized carbons (Fsp3) is 0. The molecule has 0 fully saturated rings. The predicted molar refractivity (Wildman–Crippen MR) is 92.8 cm³/mol. The highest BCUT2D eigenvalue weighted by Gasteiger charge is 2.19. The summed E-state index contributed by atoms with van der Waals surface area (Å²) in [5.74, 6) is -0.156. The third-order valence-corrected chi connectivity index (χ3v) is 6.12. The first-order valence-corrected chi connectivity index (χ1v) is 8.74. The molecule has 0 radical (unpaired) electrons. The van der Waals surface area contributed by atoms with Crippen LogP contribution >= 0.6 is 23.9 Å². The number of hydrogen-bond donors (Lipinski definition) is 0. The van der Waals surface area contributed by atoms with Gasteiger partial charge >= 0.3 is 0 Å². The van der Waals surface area contributed by atoms with Gasteiger partial charge in [-0.2, -0.15) is 0 Å². The molecule has 3 heteroatoms. The Morgan fingerprint density at radius 2 is 1.24 bits per heavy atom. The van der Waals surface area contributed by atoms with Crippen LogP contribution in [0.4, 0.5) is 4.39 Å². The molecule has 3 rings (SSSR count). The molecular formula is C18H13BrFP. The van der Waals surface area contributed by atoms with Crippen LogP contribution in [0.5, 0.6) is 0 Å². The summed E-state index contributed by atoms with van der Waals surface area (Å²) < 4.78 is 15.3. The van der Waals surface area contributed by atoms with Crippen LogP contribution in [-0.4, -0.2) is 0 Å². The summed E-state index contributed by atoms with van der Waals surface area (Å²) in [5, 5.41) is 3.04. The number of rotatable bonds is 3. The van der Waals surface area contributed by atoms with E-state index in [-0.39, 0.29) is 5.82 Å². The van der Waals surface area contributed by atoms with E-state index >= 15 is 0 Å². The van der Waals surface area contributed by atoms with Crippen molar-refractivity contribution in [2.45, 2.75) is 0 Å². The lowest BCUT2D eigenvalue weighted by Crippen LogP contribution is -2.22. The van der Waals surface area contributed by atoms with E-state index in [4.69, 9.17) is 0 Å². The standard InChI is InChI=1S/C18H13BrFP/c19-14-11-12-17(20)18(13-14)21(15-7-3-1-4-8-15)16-9-5-2-6-10-16/h1-13H. The van der Waals surface area contributed by atoms with Gasteiger partial charge in [0, 0.05) is 9.78 Å². The van der Waals surface area contributed by atoms with E-state index in [1.165, 1.54) is 6.07 Å². The summed E-state index contributed by atoms with van der Waals surface area (Å²) >= 11 is 3.45. The van der Waals surface area contributed by atoms with Crippen LogP contribution in [-0.2, 0) is 0 Å². The number of hydrogen-bond acceptors (Lipinski definition) is 0. The molecule has 0 heterocycles. The normalized spacial score (nSPS) is 10.8. The second-order valence-electron chi connectivity index (χ2n) is 4.60. The molecule has 104 valence electrons. The van der Waals surface area contributed by atoms with Crippen molar-refractivity contribution < 1.29 is 4.39 Å². The molecule has 0 bridgehead atoms. The number of benzene rings is 3. The summed E-state index contributed by atoms with van der Waals surface area (Å²) in [4.78, 5) is 0. The Kier molecular flexibility index (Phi) is 4.48. The average Bonchev–Trinajstić information content (AvgIpc) is 2.53. The Hall–Kier alpha value is -1.50. The average molecular weight is 359 g/mol. The first kappa shape index (κ1) is 14.4. The lowest BCUT2D eigenvalue weighted by Gasteiger charge is -2.20. The van der Waals surface area contributed by atoms with Gasteiger partial charge in [0.25, 0.3) is 0 Å². The summed E-state index contributed by atoms with van der Waals surface area (Å²) in [6.07, 6.45) is 0. The van der Waals surface area contributed by atoms with Gasteiger partial charge in [-0.25, -0.2) is 4.39 Å². The van der Waals surface area contributed by atoms with Gasteiger partial charge in [-0.1, -0.05) is 76.6 Å². The molecule has 0 aromatic heterocycles. The SMILES string of the molecule is Fc1ccc(Br)cc1P(c1ccccc1)c1ccccc1. The summed E-state index contributed by atoms with van der Waals surface area (Å²) in [6, 6.07) is 25.4. The molecule has 0 atom stereocenters. The molecule has 0 N–H and O–H groups in total. The summed E-state index contributed by atoms with van der Waals surface area (Å²) in [5.41, 5.74) is 0. The van der Waals surface area contributed by atoms with E-state index in [9.17, 15) is 4.39 Å². The molecule has 21 heavy (non-hydrogen) atoms. The Balaban J connectivity index is 2.20. The molecule has 0 aliphatic rings. The van der Waals surface area contributed by atoms with Crippen LogP contribution in [0, 0.1) is 5.82 Å². The van der Waals surface area contributed by atoms with Gasteiger partial charge < -0.3 is 0 Å². The lowest BCUT2D eigenvalue weighted by molar-refractivity contribution is 0.636. The zero-order chi connectivity index (χ0) is 14.7. The fourth-order valence-electron chi connectivity index (χ4n) is 2.24. The van der Waals surface area contributed by atoms with Crippen molar-refractivity contribution in [1.29, 1.82) is 0 Å². The molecule has 3 aromatic carbocycles. The maximum Gasteiger partial charge on any atom is 0.131 e. The molecule has 0 amide bonds. The molecule has 0 saturated carbocycles. The largest absolute Gasteiger partial charge is 0.206 e. The van der Waals surface area contributed by atoms with E-state index in [0.29, 0.717) is 0 Å². The first-order valence-electron chi connectivity index (χ1n) is 6.61. The lowest BCUT2D eigenvalue weighted by atomic mass is 10.3. The van der Waals surface area contributed by atoms with Crippen LogP contribution in [0.15, 0.2) is 83.3 Å². The second-order valence-corrected chi connectivity index (χ2v) is 7.70. The van der Waals surface area contributed by atoms with Crippen molar-refractivity contribution >= 4 is 39.8 Å². The van der Waals surface area contributed by atoms with E-state index < -0.39 is 7.92 Å². The summed E-state index contributed by atoms with van der Waals surface area (Å²) in [7, 11) is -0.888. The highest BCUT2D eigenvalue weighted by molar-refractivity contribution is 9.10. The zero-order valence-electron chi connectivity index (χ0n) is 11.2.